The molecule has 0 spiro atoms. The molecule has 0 fully saturated rings. The van der Waals surface area contributed by atoms with Crippen LogP contribution in [-0.4, -0.2) is 34.1 Å². The first-order chi connectivity index (χ1) is 12.4. The molecule has 0 bridgehead atoms. The molecule has 6 nitrogen and oxygen atoms in total. The lowest BCUT2D eigenvalue weighted by Crippen LogP contribution is -3.04. The van der Waals surface area contributed by atoms with Crippen molar-refractivity contribution in [3.8, 4) is 23.0 Å². The fourth-order valence-electron chi connectivity index (χ4n) is 2.90. The molecule has 0 radical (unpaired) electrons. The van der Waals surface area contributed by atoms with Gasteiger partial charge in [0, 0.05) is 5.56 Å². The maximum Gasteiger partial charge on any atom is 0.231 e. The Kier molecular flexibility index (Phi) is 4.86. The molecule has 0 unspecified atom stereocenters. The van der Waals surface area contributed by atoms with Crippen molar-refractivity contribution in [1.82, 2.24) is 0 Å². The minimum absolute atomic E-state index is 0.120. The Bertz CT molecular complexity index is 886. The van der Waals surface area contributed by atoms with Crippen LogP contribution >= 0.6 is 0 Å². The second-order valence-corrected chi connectivity index (χ2v) is 6.36. The van der Waals surface area contributed by atoms with Crippen LogP contribution in [0.4, 0.5) is 0 Å². The highest BCUT2D eigenvalue weighted by molar-refractivity contribution is 6.15. The number of hydrogen-bond acceptors (Lipinski definition) is 5. The Balaban J connectivity index is 1.99. The van der Waals surface area contributed by atoms with Gasteiger partial charge in [0.1, 0.15) is 12.3 Å². The van der Waals surface area contributed by atoms with Gasteiger partial charge >= 0.3 is 0 Å². The van der Waals surface area contributed by atoms with Gasteiger partial charge in [-0.3, -0.25) is 4.79 Å². The monoisotopic (exact) mass is 355 g/mol. The third-order valence-electron chi connectivity index (χ3n) is 4.13. The summed E-state index contributed by atoms with van der Waals surface area (Å²) in [6.45, 7) is 0.485. The van der Waals surface area contributed by atoms with Crippen molar-refractivity contribution in [1.29, 1.82) is 0 Å². The molecule has 0 amide bonds. The van der Waals surface area contributed by atoms with E-state index < -0.39 is 0 Å². The summed E-state index contributed by atoms with van der Waals surface area (Å²) >= 11 is 0. The third kappa shape index (κ3) is 3.23. The number of Topliss-reactive ketones (excluding diaryl/α,β-unsaturated/α-hetero) is 1. The van der Waals surface area contributed by atoms with Gasteiger partial charge in [-0.25, -0.2) is 0 Å². The van der Waals surface area contributed by atoms with Gasteiger partial charge in [0.15, 0.2) is 17.3 Å². The lowest BCUT2D eigenvalue weighted by molar-refractivity contribution is -0.872. The van der Waals surface area contributed by atoms with Gasteiger partial charge in [0.05, 0.1) is 33.9 Å². The standard InChI is InChI=1S/C20H21NO5/c1-21(2)11-14-15(22)7-6-13-19(23)18(26-20(13)14)10-12-5-8-16(24-3)17(9-12)25-4/h5-10,22H,11H2,1-4H3/b18-10-. The minimum Gasteiger partial charge on any atom is -0.872 e. The number of carbonyl (C=O) groups excluding carboxylic acids is 1. The maximum atomic E-state index is 12.7. The van der Waals surface area contributed by atoms with Crippen molar-refractivity contribution in [2.75, 3.05) is 28.3 Å². The summed E-state index contributed by atoms with van der Waals surface area (Å²) in [7, 11) is 6.99. The van der Waals surface area contributed by atoms with Gasteiger partial charge in [-0.15, -0.1) is 0 Å². The fraction of sp³-hybridized carbons (Fsp3) is 0.250. The minimum atomic E-state index is -0.232. The average Bonchev–Trinajstić information content (AvgIpc) is 2.93. The number of methoxy groups -OCH3 is 2. The number of fused-ring (bicyclic) bond motifs is 1. The first kappa shape index (κ1) is 17.8. The van der Waals surface area contributed by atoms with Crippen LogP contribution < -0.4 is 24.2 Å². The van der Waals surface area contributed by atoms with Crippen molar-refractivity contribution in [2.24, 2.45) is 0 Å². The predicted octanol–water partition coefficient (Wildman–Crippen LogP) is 1.04. The number of quaternary nitrogens is 1. The summed E-state index contributed by atoms with van der Waals surface area (Å²) in [6, 6.07) is 8.28. The van der Waals surface area contributed by atoms with Crippen LogP contribution in [0.15, 0.2) is 36.1 Å². The number of carbonyl (C=O) groups is 1. The first-order valence-corrected chi connectivity index (χ1v) is 8.22. The van der Waals surface area contributed by atoms with E-state index in [4.69, 9.17) is 14.2 Å². The molecule has 2 aromatic rings. The molecule has 0 saturated carbocycles. The normalized spacial score (nSPS) is 14.5. The number of ether oxygens (including phenoxy) is 3. The zero-order valence-corrected chi connectivity index (χ0v) is 15.2. The second-order valence-electron chi connectivity index (χ2n) is 6.36. The Labute approximate surface area is 152 Å². The Morgan fingerprint density at radius 3 is 2.50 bits per heavy atom. The number of ketones is 1. The number of benzene rings is 2. The lowest BCUT2D eigenvalue weighted by Gasteiger charge is -2.17. The summed E-state index contributed by atoms with van der Waals surface area (Å²) in [5.41, 5.74) is 1.68. The lowest BCUT2D eigenvalue weighted by atomic mass is 10.0. The molecule has 0 aliphatic carbocycles. The topological polar surface area (TPSA) is 72.3 Å². The number of rotatable bonds is 5. The van der Waals surface area contributed by atoms with Crippen LogP contribution in [0.5, 0.6) is 23.0 Å². The van der Waals surface area contributed by atoms with Gasteiger partial charge < -0.3 is 24.2 Å². The molecular formula is C20H21NO5. The van der Waals surface area contributed by atoms with Crippen LogP contribution in [0, 0.1) is 0 Å². The molecule has 0 atom stereocenters. The van der Waals surface area contributed by atoms with Crippen molar-refractivity contribution in [3.63, 3.8) is 0 Å². The molecular weight excluding hydrogens is 334 g/mol. The van der Waals surface area contributed by atoms with Crippen molar-refractivity contribution in [3.05, 3.63) is 52.8 Å². The van der Waals surface area contributed by atoms with Crippen LogP contribution in [0.2, 0.25) is 0 Å². The van der Waals surface area contributed by atoms with Gasteiger partial charge in [0.2, 0.25) is 5.78 Å². The summed E-state index contributed by atoms with van der Waals surface area (Å²) in [5.74, 6) is 1.37. The Morgan fingerprint density at radius 1 is 1.12 bits per heavy atom. The van der Waals surface area contributed by atoms with Crippen molar-refractivity contribution in [2.45, 2.75) is 6.54 Å². The van der Waals surface area contributed by atoms with E-state index in [0.29, 0.717) is 34.9 Å². The highest BCUT2D eigenvalue weighted by Crippen LogP contribution is 2.38. The van der Waals surface area contributed by atoms with Crippen LogP contribution in [0.1, 0.15) is 21.5 Å². The van der Waals surface area contributed by atoms with E-state index in [0.717, 1.165) is 10.5 Å². The van der Waals surface area contributed by atoms with Gasteiger partial charge in [-0.1, -0.05) is 17.9 Å². The van der Waals surface area contributed by atoms with Crippen molar-refractivity contribution < 1.29 is 29.0 Å². The highest BCUT2D eigenvalue weighted by Gasteiger charge is 2.30. The van der Waals surface area contributed by atoms with E-state index in [-0.39, 0.29) is 17.3 Å². The van der Waals surface area contributed by atoms with Crippen LogP contribution in [0.3, 0.4) is 0 Å². The fourth-order valence-corrected chi connectivity index (χ4v) is 2.90. The molecule has 6 heteroatoms. The summed E-state index contributed by atoms with van der Waals surface area (Å²) < 4.78 is 16.3. The van der Waals surface area contributed by atoms with Crippen LogP contribution in [-0.2, 0) is 6.54 Å². The SMILES string of the molecule is COc1ccc(/C=C2\Oc3c(ccc([O-])c3C[NH+](C)C)C2=O)cc1OC. The Morgan fingerprint density at radius 2 is 1.85 bits per heavy atom. The molecule has 3 rings (SSSR count). The van der Waals surface area contributed by atoms with Gasteiger partial charge in [-0.2, -0.15) is 0 Å². The molecule has 2 aromatic carbocycles. The zero-order chi connectivity index (χ0) is 18.8. The molecule has 26 heavy (non-hydrogen) atoms. The zero-order valence-electron chi connectivity index (χ0n) is 15.2. The average molecular weight is 355 g/mol. The smallest absolute Gasteiger partial charge is 0.231 e. The highest BCUT2D eigenvalue weighted by atomic mass is 16.5. The van der Waals surface area contributed by atoms with Crippen LogP contribution in [0.25, 0.3) is 6.08 Å². The number of hydrogen-bond donors (Lipinski definition) is 1. The molecule has 1 N–H and O–H groups in total. The van der Waals surface area contributed by atoms with E-state index in [1.165, 1.54) is 12.1 Å². The van der Waals surface area contributed by atoms with E-state index in [2.05, 4.69) is 0 Å². The number of nitrogens with one attached hydrogen (secondary N) is 1. The largest absolute Gasteiger partial charge is 0.872 e. The van der Waals surface area contributed by atoms with E-state index >= 15 is 0 Å². The Hall–Kier alpha value is -2.99. The summed E-state index contributed by atoms with van der Waals surface area (Å²) in [6.07, 6.45) is 1.64. The third-order valence-corrected chi connectivity index (χ3v) is 4.13. The first-order valence-electron chi connectivity index (χ1n) is 8.22. The molecule has 1 heterocycles. The van der Waals surface area contributed by atoms with E-state index in [9.17, 15) is 9.90 Å². The maximum absolute atomic E-state index is 12.7. The predicted molar refractivity (Wildman–Crippen MR) is 94.9 cm³/mol. The molecule has 1 aliphatic heterocycles. The van der Waals surface area contributed by atoms with Gasteiger partial charge in [0.25, 0.3) is 0 Å². The molecule has 136 valence electrons. The number of allylic oxidation sites excluding steroid dienone is 1. The van der Waals surface area contributed by atoms with E-state index in [1.54, 1.807) is 38.5 Å². The molecule has 1 aliphatic rings. The molecule has 0 aromatic heterocycles. The summed E-state index contributed by atoms with van der Waals surface area (Å²) in [5, 5.41) is 12.2. The van der Waals surface area contributed by atoms with Gasteiger partial charge in [-0.05, 0) is 29.8 Å². The van der Waals surface area contributed by atoms with E-state index in [1.807, 2.05) is 14.1 Å². The summed E-state index contributed by atoms with van der Waals surface area (Å²) in [4.78, 5) is 13.7. The van der Waals surface area contributed by atoms with Crippen molar-refractivity contribution >= 4 is 11.9 Å². The quantitative estimate of drug-likeness (QED) is 0.812. The molecule has 0 saturated heterocycles. The second kappa shape index (κ2) is 7.09.